The second-order valence-electron chi connectivity index (χ2n) is 15.9. The Balaban J connectivity index is -0.000000389. The van der Waals surface area contributed by atoms with Gasteiger partial charge in [0.2, 0.25) is 0 Å². The maximum absolute atomic E-state index is 11.7. The summed E-state index contributed by atoms with van der Waals surface area (Å²) in [6.07, 6.45) is 38.4. The third-order valence-corrected chi connectivity index (χ3v) is 10.1. The molecule has 0 heterocycles. The summed E-state index contributed by atoms with van der Waals surface area (Å²) in [4.78, 5) is 54.8. The van der Waals surface area contributed by atoms with Crippen LogP contribution in [-0.4, -0.2) is 98.1 Å². The van der Waals surface area contributed by atoms with Crippen molar-refractivity contribution < 1.29 is 53.5 Å². The largest absolute Gasteiger partial charge is 2.00 e. The maximum Gasteiger partial charge on any atom is 2.00 e. The van der Waals surface area contributed by atoms with Crippen molar-refractivity contribution in [3.63, 3.8) is 0 Å². The summed E-state index contributed by atoms with van der Waals surface area (Å²) in [5.41, 5.74) is -2.26. The second kappa shape index (κ2) is 51.9. The van der Waals surface area contributed by atoms with Crippen molar-refractivity contribution in [2.45, 2.75) is 259 Å². The molecule has 11 nitrogen and oxygen atoms in total. The fourth-order valence-corrected chi connectivity index (χ4v) is 6.66. The Morgan fingerprint density at radius 1 is 0.383 bits per heavy atom. The van der Waals surface area contributed by atoms with Gasteiger partial charge < -0.3 is 39.1 Å². The van der Waals surface area contributed by atoms with E-state index in [4.69, 9.17) is 0 Å². The Bertz CT molecular complexity index is 912. The first-order valence-electron chi connectivity index (χ1n) is 24.0. The minimum atomic E-state index is -2.26. The van der Waals surface area contributed by atoms with E-state index in [1.807, 2.05) is 0 Å². The molecule has 0 aliphatic rings. The zero-order chi connectivity index (χ0) is 44.7. The number of aliphatic carboxylic acids is 2. The number of carboxylic acid groups (broad SMARTS) is 2. The Kier molecular flexibility index (Phi) is 56.4. The molecule has 0 aliphatic heterocycles. The number of carboxylic acids is 2. The van der Waals surface area contributed by atoms with E-state index in [0.717, 1.165) is 25.7 Å². The molecule has 12 heteroatoms. The molecular weight excluding hydrogens is 793 g/mol. The summed E-state index contributed by atoms with van der Waals surface area (Å²) in [6, 6.07) is 0. The maximum atomic E-state index is 11.7. The predicted molar refractivity (Wildman–Crippen MR) is 239 cm³/mol. The zero-order valence-electron chi connectivity index (χ0n) is 39.4. The molecule has 0 fully saturated rings. The van der Waals surface area contributed by atoms with Crippen molar-refractivity contribution in [1.29, 1.82) is 0 Å². The summed E-state index contributed by atoms with van der Waals surface area (Å²) in [5.74, 6) is -4.43. The van der Waals surface area contributed by atoms with E-state index in [0.29, 0.717) is 0 Å². The van der Waals surface area contributed by atoms with E-state index in [2.05, 4.69) is 28.1 Å². The molecule has 0 aliphatic carbocycles. The number of carbonyl (C=O) groups is 5. The number of unbranched alkanes of at least 4 members (excludes halogenated alkanes) is 28. The van der Waals surface area contributed by atoms with Crippen molar-refractivity contribution in [3.05, 3.63) is 0 Å². The van der Waals surface area contributed by atoms with E-state index in [1.54, 1.807) is 20.8 Å². The fraction of sp³-hybridized carbons (Fsp3) is 0.896. The van der Waals surface area contributed by atoms with Crippen LogP contribution in [0.2, 0.25) is 0 Å². The zero-order valence-corrected chi connectivity index (χ0v) is 41.6. The Morgan fingerprint density at radius 2 is 0.600 bits per heavy atom. The Morgan fingerprint density at radius 3 is 0.800 bits per heavy atom. The molecule has 0 bridgehead atoms. The second-order valence-corrected chi connectivity index (χ2v) is 15.9. The molecule has 0 amide bonds. The summed E-state index contributed by atoms with van der Waals surface area (Å²) >= 11 is 0. The van der Waals surface area contributed by atoms with Crippen molar-refractivity contribution in [2.24, 2.45) is 0 Å². The molecule has 0 atom stereocenters. The van der Waals surface area contributed by atoms with Gasteiger partial charge in [0.05, 0.1) is 32.7 Å². The van der Waals surface area contributed by atoms with Gasteiger partial charge in [-0.2, -0.15) is 0 Å². The van der Waals surface area contributed by atoms with Crippen molar-refractivity contribution >= 4 is 67.6 Å². The summed E-state index contributed by atoms with van der Waals surface area (Å²) in [5, 5.41) is 30.6. The van der Waals surface area contributed by atoms with E-state index < -0.39 is 48.3 Å². The molecule has 0 unspecified atom stereocenters. The predicted octanol–water partition coefficient (Wildman–Crippen LogP) is 9.80. The monoisotopic (exact) mass is 883 g/mol. The smallest absolute Gasteiger partial charge is 0.550 e. The first-order valence-corrected chi connectivity index (χ1v) is 24.0. The molecule has 1 N–H and O–H groups in total. The van der Waals surface area contributed by atoms with Crippen LogP contribution < -0.4 is 10.2 Å². The molecule has 0 aromatic rings. The van der Waals surface area contributed by atoms with Crippen LogP contribution in [0.1, 0.15) is 253 Å². The van der Waals surface area contributed by atoms with Gasteiger partial charge in [-0.1, -0.05) is 194 Å². The number of carbonyl (C=O) groups excluding carboxylic acids is 5. The number of ether oxygens (including phenoxy) is 3. The quantitative estimate of drug-likeness (QED) is 0.0268. The van der Waals surface area contributed by atoms with Crippen LogP contribution >= 0.6 is 0 Å². The third-order valence-electron chi connectivity index (χ3n) is 10.1. The average Bonchev–Trinajstić information content (AvgIpc) is 3.18. The van der Waals surface area contributed by atoms with Gasteiger partial charge in [0.1, 0.15) is 0 Å². The number of hydrogen-bond acceptors (Lipinski definition) is 11. The van der Waals surface area contributed by atoms with Gasteiger partial charge in [0, 0.05) is 11.9 Å². The molecule has 0 spiro atoms. The normalized spacial score (nSPS) is 10.6. The van der Waals surface area contributed by atoms with Crippen LogP contribution in [0.5, 0.6) is 0 Å². The average molecular weight is 883 g/mol. The van der Waals surface area contributed by atoms with Crippen LogP contribution in [0.4, 0.5) is 0 Å². The van der Waals surface area contributed by atoms with Crippen LogP contribution in [-0.2, 0) is 38.2 Å². The standard InChI is InChI=1S/2C18H36O2.C12H20O7.Ca/c2*1-2-3-4-5-6-7-8-9-10-11-12-13-14-15-16-17-18(19)20;1-4-17-9(13)7-12(16,11(15)19-6-3)8-10(14)18-5-2;/h2*2-17H2,1H3,(H,19,20);16H,4-8H2,1-3H3;/q;;;+2/p-2. The van der Waals surface area contributed by atoms with Gasteiger partial charge in [-0.3, -0.25) is 9.59 Å². The SMILES string of the molecule is CCCCCCCCCCCCCCCCCC(=O)[O-].CCCCCCCCCCCCCCCCCC(=O)[O-].CCOC(=O)CC(O)(CC(=O)OCC)C(=O)OCC.[Ca+2]. The van der Waals surface area contributed by atoms with Gasteiger partial charge >= 0.3 is 55.6 Å². The molecular formula is C48H90CaO11. The van der Waals surface area contributed by atoms with Gasteiger partial charge in [0.25, 0.3) is 0 Å². The molecule has 350 valence electrons. The molecule has 0 saturated heterocycles. The first-order chi connectivity index (χ1) is 28.4. The van der Waals surface area contributed by atoms with Crippen molar-refractivity contribution in [1.82, 2.24) is 0 Å². The fourth-order valence-electron chi connectivity index (χ4n) is 6.66. The van der Waals surface area contributed by atoms with Crippen LogP contribution in [0.15, 0.2) is 0 Å². The van der Waals surface area contributed by atoms with Gasteiger partial charge in [-0.15, -0.1) is 0 Å². The third kappa shape index (κ3) is 52.7. The number of hydrogen-bond donors (Lipinski definition) is 1. The van der Waals surface area contributed by atoms with Crippen LogP contribution in [0, 0.1) is 0 Å². The minimum Gasteiger partial charge on any atom is -0.550 e. The van der Waals surface area contributed by atoms with E-state index in [1.165, 1.54) is 167 Å². The number of esters is 3. The summed E-state index contributed by atoms with van der Waals surface area (Å²) in [6.45, 7) is 9.50. The number of rotatable bonds is 40. The summed E-state index contributed by atoms with van der Waals surface area (Å²) < 4.78 is 14.0. The molecule has 0 rings (SSSR count). The van der Waals surface area contributed by atoms with Gasteiger partial charge in [-0.05, 0) is 46.5 Å². The van der Waals surface area contributed by atoms with Crippen molar-refractivity contribution in [2.75, 3.05) is 19.8 Å². The topological polar surface area (TPSA) is 179 Å². The van der Waals surface area contributed by atoms with Crippen molar-refractivity contribution in [3.8, 4) is 0 Å². The summed E-state index contributed by atoms with van der Waals surface area (Å²) in [7, 11) is 0. The van der Waals surface area contributed by atoms with Gasteiger partial charge in [-0.25, -0.2) is 4.79 Å². The van der Waals surface area contributed by atoms with E-state index in [-0.39, 0.29) is 70.4 Å². The Hall–Kier alpha value is -1.43. The Labute approximate surface area is 397 Å². The molecule has 0 aromatic heterocycles. The minimum absolute atomic E-state index is 0. The molecule has 60 heavy (non-hydrogen) atoms. The first kappa shape index (κ1) is 65.2. The van der Waals surface area contributed by atoms with Crippen LogP contribution in [0.25, 0.3) is 0 Å². The van der Waals surface area contributed by atoms with E-state index >= 15 is 0 Å². The molecule has 0 radical (unpaired) electrons. The van der Waals surface area contributed by atoms with E-state index in [9.17, 15) is 39.3 Å². The number of aliphatic hydroxyl groups is 1. The molecule has 0 saturated carbocycles. The van der Waals surface area contributed by atoms with Crippen LogP contribution in [0.3, 0.4) is 0 Å². The molecule has 0 aromatic carbocycles. The van der Waals surface area contributed by atoms with Gasteiger partial charge in [0.15, 0.2) is 5.60 Å².